The van der Waals surface area contributed by atoms with Crippen molar-refractivity contribution in [2.45, 2.75) is 51.0 Å². The molecule has 34 heavy (non-hydrogen) atoms. The second-order valence-electron chi connectivity index (χ2n) is 9.47. The summed E-state index contributed by atoms with van der Waals surface area (Å²) in [5, 5.41) is 11.8. The predicted molar refractivity (Wildman–Crippen MR) is 128 cm³/mol. The van der Waals surface area contributed by atoms with Crippen LogP contribution < -0.4 is 5.32 Å². The normalized spacial score (nSPS) is 17.4. The SMILES string of the molecule is CCC(C)(NC(=O)OCC1c2ccccc2-c2ccccc21)C(=O)N1CCC(CC(=O)O)CC1. The number of nitrogens with zero attached hydrogens (tertiary/aromatic N) is 1. The quantitative estimate of drug-likeness (QED) is 0.633. The molecular formula is C27H32N2O5. The fourth-order valence-electron chi connectivity index (χ4n) is 5.09. The van der Waals surface area contributed by atoms with Crippen LogP contribution in [0.3, 0.4) is 0 Å². The van der Waals surface area contributed by atoms with Crippen LogP contribution in [-0.4, -0.2) is 53.2 Å². The van der Waals surface area contributed by atoms with E-state index in [1.165, 1.54) is 0 Å². The Labute approximate surface area is 200 Å². The smallest absolute Gasteiger partial charge is 0.408 e. The second kappa shape index (κ2) is 9.87. The predicted octanol–water partition coefficient (Wildman–Crippen LogP) is 4.41. The van der Waals surface area contributed by atoms with Crippen molar-refractivity contribution < 1.29 is 24.2 Å². The van der Waals surface area contributed by atoms with Crippen LogP contribution in [0, 0.1) is 5.92 Å². The Morgan fingerprint density at radius 2 is 1.59 bits per heavy atom. The van der Waals surface area contributed by atoms with Crippen molar-refractivity contribution in [3.8, 4) is 11.1 Å². The molecule has 1 aliphatic carbocycles. The van der Waals surface area contributed by atoms with Crippen molar-refractivity contribution in [3.63, 3.8) is 0 Å². The molecule has 0 saturated carbocycles. The Kier molecular flexibility index (Phi) is 6.91. The van der Waals surface area contributed by atoms with Crippen LogP contribution in [0.2, 0.25) is 0 Å². The van der Waals surface area contributed by atoms with E-state index in [1.54, 1.807) is 11.8 Å². The molecule has 2 N–H and O–H groups in total. The number of likely N-dealkylation sites (tertiary alicyclic amines) is 1. The Hall–Kier alpha value is -3.35. The highest BCUT2D eigenvalue weighted by Gasteiger charge is 2.39. The van der Waals surface area contributed by atoms with Crippen LogP contribution in [0.25, 0.3) is 11.1 Å². The molecule has 180 valence electrons. The lowest BCUT2D eigenvalue weighted by Gasteiger charge is -2.38. The van der Waals surface area contributed by atoms with E-state index in [4.69, 9.17) is 9.84 Å². The van der Waals surface area contributed by atoms with E-state index in [0.717, 1.165) is 22.3 Å². The lowest BCUT2D eigenvalue weighted by molar-refractivity contribution is -0.140. The lowest BCUT2D eigenvalue weighted by Crippen LogP contribution is -2.58. The molecule has 2 aromatic carbocycles. The molecule has 0 radical (unpaired) electrons. The van der Waals surface area contributed by atoms with Gasteiger partial charge in [-0.05, 0) is 54.4 Å². The molecule has 4 rings (SSSR count). The molecule has 1 atom stereocenters. The van der Waals surface area contributed by atoms with Gasteiger partial charge in [-0.1, -0.05) is 55.5 Å². The van der Waals surface area contributed by atoms with Crippen molar-refractivity contribution in [1.29, 1.82) is 0 Å². The molecule has 7 nitrogen and oxygen atoms in total. The van der Waals surface area contributed by atoms with E-state index in [1.807, 2.05) is 31.2 Å². The third kappa shape index (κ3) is 4.79. The minimum Gasteiger partial charge on any atom is -0.481 e. The van der Waals surface area contributed by atoms with E-state index < -0.39 is 17.6 Å². The molecule has 1 fully saturated rings. The summed E-state index contributed by atoms with van der Waals surface area (Å²) in [5.74, 6) is -0.920. The molecule has 2 aliphatic rings. The van der Waals surface area contributed by atoms with Gasteiger partial charge < -0.3 is 20.1 Å². The van der Waals surface area contributed by atoms with Gasteiger partial charge >= 0.3 is 12.1 Å². The average molecular weight is 465 g/mol. The van der Waals surface area contributed by atoms with Gasteiger partial charge in [0.05, 0.1) is 0 Å². The molecule has 7 heteroatoms. The maximum absolute atomic E-state index is 13.2. The molecule has 0 bridgehead atoms. The molecule has 1 heterocycles. The van der Waals surface area contributed by atoms with Gasteiger partial charge in [0.1, 0.15) is 12.1 Å². The van der Waals surface area contributed by atoms with Gasteiger partial charge in [-0.25, -0.2) is 4.79 Å². The summed E-state index contributed by atoms with van der Waals surface area (Å²) in [6.07, 6.45) is 1.25. The van der Waals surface area contributed by atoms with Crippen LogP contribution >= 0.6 is 0 Å². The largest absolute Gasteiger partial charge is 0.481 e. The van der Waals surface area contributed by atoms with E-state index in [9.17, 15) is 14.4 Å². The van der Waals surface area contributed by atoms with E-state index in [2.05, 4.69) is 29.6 Å². The van der Waals surface area contributed by atoms with Gasteiger partial charge in [0.2, 0.25) is 5.91 Å². The van der Waals surface area contributed by atoms with Gasteiger partial charge in [0.25, 0.3) is 0 Å². The fourth-order valence-corrected chi connectivity index (χ4v) is 5.09. The van der Waals surface area contributed by atoms with Crippen molar-refractivity contribution in [2.75, 3.05) is 19.7 Å². The number of hydrogen-bond acceptors (Lipinski definition) is 4. The number of nitrogens with one attached hydrogen (secondary N) is 1. The van der Waals surface area contributed by atoms with Gasteiger partial charge in [0.15, 0.2) is 0 Å². The van der Waals surface area contributed by atoms with Crippen LogP contribution in [0.5, 0.6) is 0 Å². The summed E-state index contributed by atoms with van der Waals surface area (Å²) >= 11 is 0. The number of carboxylic acid groups (broad SMARTS) is 1. The number of carboxylic acids is 1. The first-order chi connectivity index (χ1) is 16.3. The second-order valence-corrected chi connectivity index (χ2v) is 9.47. The van der Waals surface area contributed by atoms with Gasteiger partial charge in [-0.15, -0.1) is 0 Å². The van der Waals surface area contributed by atoms with Crippen molar-refractivity contribution in [3.05, 3.63) is 59.7 Å². The summed E-state index contributed by atoms with van der Waals surface area (Å²) in [4.78, 5) is 38.7. The Balaban J connectivity index is 1.37. The monoisotopic (exact) mass is 464 g/mol. The summed E-state index contributed by atoms with van der Waals surface area (Å²) in [7, 11) is 0. The zero-order valence-electron chi connectivity index (χ0n) is 19.8. The Bertz CT molecular complexity index is 1030. The number of rotatable bonds is 7. The first-order valence-corrected chi connectivity index (χ1v) is 12.0. The highest BCUT2D eigenvalue weighted by atomic mass is 16.5. The van der Waals surface area contributed by atoms with Gasteiger partial charge in [-0.3, -0.25) is 9.59 Å². The van der Waals surface area contributed by atoms with Crippen LogP contribution in [0.1, 0.15) is 56.6 Å². The van der Waals surface area contributed by atoms with Gasteiger partial charge in [0, 0.05) is 25.4 Å². The van der Waals surface area contributed by atoms with E-state index >= 15 is 0 Å². The minimum absolute atomic E-state index is 0.0463. The maximum atomic E-state index is 13.2. The summed E-state index contributed by atoms with van der Waals surface area (Å²) in [6.45, 7) is 4.77. The fraction of sp³-hybridized carbons (Fsp3) is 0.444. The van der Waals surface area contributed by atoms with Gasteiger partial charge in [-0.2, -0.15) is 0 Å². The van der Waals surface area contributed by atoms with E-state index in [-0.39, 0.29) is 30.8 Å². The van der Waals surface area contributed by atoms with E-state index in [0.29, 0.717) is 32.4 Å². The standard InChI is InChI=1S/C27H32N2O5/c1-3-27(2,25(32)29-14-12-18(13-15-29)16-24(30)31)28-26(33)34-17-23-21-10-6-4-8-19(21)20-9-5-7-11-22(20)23/h4-11,18,23H,3,12-17H2,1-2H3,(H,28,33)(H,30,31). The highest BCUT2D eigenvalue weighted by Crippen LogP contribution is 2.44. The third-order valence-corrected chi connectivity index (χ3v) is 7.27. The maximum Gasteiger partial charge on any atom is 0.408 e. The number of fused-ring (bicyclic) bond motifs is 3. The molecule has 1 aliphatic heterocycles. The number of benzene rings is 2. The zero-order chi connectivity index (χ0) is 24.3. The summed E-state index contributed by atoms with van der Waals surface area (Å²) < 4.78 is 5.65. The minimum atomic E-state index is -1.08. The van der Waals surface area contributed by atoms with Crippen LogP contribution in [0.15, 0.2) is 48.5 Å². The summed E-state index contributed by atoms with van der Waals surface area (Å²) in [6, 6.07) is 16.3. The molecule has 0 spiro atoms. The highest BCUT2D eigenvalue weighted by molar-refractivity contribution is 5.89. The topological polar surface area (TPSA) is 95.9 Å². The lowest BCUT2D eigenvalue weighted by atomic mass is 9.91. The molecular weight excluding hydrogens is 432 g/mol. The summed E-state index contributed by atoms with van der Waals surface area (Å²) in [5.41, 5.74) is 3.51. The number of amides is 2. The first-order valence-electron chi connectivity index (χ1n) is 12.0. The number of piperidine rings is 1. The van der Waals surface area contributed by atoms with Crippen molar-refractivity contribution >= 4 is 18.0 Å². The average Bonchev–Trinajstić information content (AvgIpc) is 3.16. The zero-order valence-corrected chi connectivity index (χ0v) is 19.8. The van der Waals surface area contributed by atoms with Crippen LogP contribution in [0.4, 0.5) is 4.79 Å². The number of hydrogen-bond donors (Lipinski definition) is 2. The number of carbonyl (C=O) groups is 3. The third-order valence-electron chi connectivity index (χ3n) is 7.27. The first kappa shape index (κ1) is 23.8. The van der Waals surface area contributed by atoms with Crippen LogP contribution in [-0.2, 0) is 14.3 Å². The van der Waals surface area contributed by atoms with Crippen molar-refractivity contribution in [2.24, 2.45) is 5.92 Å². The molecule has 2 aromatic rings. The molecule has 2 amide bonds. The Morgan fingerprint density at radius 3 is 2.12 bits per heavy atom. The Morgan fingerprint density at radius 1 is 1.03 bits per heavy atom. The number of carbonyl (C=O) groups excluding carboxylic acids is 2. The number of alkyl carbamates (subject to hydrolysis) is 1. The number of ether oxygens (including phenoxy) is 1. The molecule has 1 unspecified atom stereocenters. The molecule has 0 aromatic heterocycles. The number of aliphatic carboxylic acids is 1. The molecule has 1 saturated heterocycles. The van der Waals surface area contributed by atoms with Crippen molar-refractivity contribution in [1.82, 2.24) is 10.2 Å².